The first-order chi connectivity index (χ1) is 11.4. The van der Waals surface area contributed by atoms with Crippen LogP contribution in [0.1, 0.15) is 27.4 Å². The van der Waals surface area contributed by atoms with E-state index in [0.717, 1.165) is 11.3 Å². The van der Waals surface area contributed by atoms with Gasteiger partial charge in [0.15, 0.2) is 0 Å². The molecule has 0 saturated heterocycles. The van der Waals surface area contributed by atoms with Gasteiger partial charge in [-0.05, 0) is 43.7 Å². The normalized spacial score (nSPS) is 14.3. The summed E-state index contributed by atoms with van der Waals surface area (Å²) in [6, 6.07) is 9.80. The average molecular weight is 363 g/mol. The first kappa shape index (κ1) is 16.7. The zero-order chi connectivity index (χ0) is 17.2. The Kier molecular flexibility index (Phi) is 4.68. The van der Waals surface area contributed by atoms with Gasteiger partial charge in [0.05, 0.1) is 9.77 Å². The Morgan fingerprint density at radius 1 is 1.25 bits per heavy atom. The van der Waals surface area contributed by atoms with Crippen molar-refractivity contribution < 1.29 is 13.2 Å². The van der Waals surface area contributed by atoms with E-state index in [9.17, 15) is 13.2 Å². The highest BCUT2D eigenvalue weighted by atomic mass is 32.2. The first-order valence-electron chi connectivity index (χ1n) is 7.48. The fourth-order valence-electron chi connectivity index (χ4n) is 2.33. The van der Waals surface area contributed by atoms with E-state index in [1.807, 2.05) is 13.0 Å². The predicted octanol–water partition coefficient (Wildman–Crippen LogP) is 2.78. The summed E-state index contributed by atoms with van der Waals surface area (Å²) in [6.45, 7) is 2.57. The maximum Gasteiger partial charge on any atom is 0.265 e. The molecule has 3 rings (SSSR count). The van der Waals surface area contributed by atoms with Gasteiger partial charge >= 0.3 is 0 Å². The van der Waals surface area contributed by atoms with Gasteiger partial charge in [0.25, 0.3) is 15.9 Å². The quantitative estimate of drug-likeness (QED) is 0.875. The SMILES string of the molecule is Cc1ccc(C(=O)Nc2cccc(S(=O)(=O)NC3=NCCC3)c2)s1. The Morgan fingerprint density at radius 3 is 2.75 bits per heavy atom. The number of hydrogen-bond acceptors (Lipinski definition) is 5. The largest absolute Gasteiger partial charge is 0.321 e. The molecule has 2 heterocycles. The lowest BCUT2D eigenvalue weighted by Gasteiger charge is -2.09. The second-order valence-electron chi connectivity index (χ2n) is 5.43. The summed E-state index contributed by atoms with van der Waals surface area (Å²) in [5.74, 6) is 0.231. The molecule has 1 aromatic heterocycles. The lowest BCUT2D eigenvalue weighted by Crippen LogP contribution is -2.29. The van der Waals surface area contributed by atoms with E-state index in [2.05, 4.69) is 15.0 Å². The summed E-state index contributed by atoms with van der Waals surface area (Å²) >= 11 is 1.39. The predicted molar refractivity (Wildman–Crippen MR) is 95.3 cm³/mol. The molecule has 0 bridgehead atoms. The number of sulfonamides is 1. The van der Waals surface area contributed by atoms with Gasteiger partial charge < -0.3 is 5.32 Å². The molecule has 0 aliphatic carbocycles. The third-order valence-electron chi connectivity index (χ3n) is 3.49. The number of benzene rings is 1. The van der Waals surface area contributed by atoms with E-state index in [-0.39, 0.29) is 10.8 Å². The van der Waals surface area contributed by atoms with Crippen molar-refractivity contribution in [1.82, 2.24) is 4.72 Å². The summed E-state index contributed by atoms with van der Waals surface area (Å²) in [6.07, 6.45) is 1.49. The number of anilines is 1. The standard InChI is InChI=1S/C16H17N3O3S2/c1-11-7-8-14(23-11)16(20)18-12-4-2-5-13(10-12)24(21,22)19-15-6-3-9-17-15/h2,4-5,7-8,10H,3,6,9H2,1H3,(H,17,19)(H,18,20). The van der Waals surface area contributed by atoms with E-state index in [1.54, 1.807) is 18.2 Å². The molecular formula is C16H17N3O3S2. The van der Waals surface area contributed by atoms with E-state index in [4.69, 9.17) is 0 Å². The fraction of sp³-hybridized carbons (Fsp3) is 0.250. The van der Waals surface area contributed by atoms with Crippen molar-refractivity contribution in [3.05, 3.63) is 46.2 Å². The van der Waals surface area contributed by atoms with Crippen molar-refractivity contribution in [2.45, 2.75) is 24.7 Å². The van der Waals surface area contributed by atoms with Crippen molar-refractivity contribution in [1.29, 1.82) is 0 Å². The maximum absolute atomic E-state index is 12.4. The van der Waals surface area contributed by atoms with Gasteiger partial charge in [-0.25, -0.2) is 8.42 Å². The van der Waals surface area contributed by atoms with Crippen molar-refractivity contribution in [3.8, 4) is 0 Å². The van der Waals surface area contributed by atoms with Crippen LogP contribution in [0.5, 0.6) is 0 Å². The molecular weight excluding hydrogens is 346 g/mol. The number of nitrogens with zero attached hydrogens (tertiary/aromatic N) is 1. The minimum Gasteiger partial charge on any atom is -0.321 e. The number of thiophene rings is 1. The third-order valence-corrected chi connectivity index (χ3v) is 5.87. The summed E-state index contributed by atoms with van der Waals surface area (Å²) in [7, 11) is -3.69. The van der Waals surface area contributed by atoms with Crippen molar-refractivity contribution in [3.63, 3.8) is 0 Å². The minimum absolute atomic E-state index is 0.0947. The van der Waals surface area contributed by atoms with Crippen LogP contribution < -0.4 is 10.0 Å². The minimum atomic E-state index is -3.69. The molecule has 126 valence electrons. The molecule has 1 aliphatic rings. The monoisotopic (exact) mass is 363 g/mol. The number of carbonyl (C=O) groups is 1. The molecule has 24 heavy (non-hydrogen) atoms. The Morgan fingerprint density at radius 2 is 2.08 bits per heavy atom. The van der Waals surface area contributed by atoms with Crippen LogP contribution in [0, 0.1) is 6.92 Å². The zero-order valence-electron chi connectivity index (χ0n) is 13.1. The summed E-state index contributed by atoms with van der Waals surface area (Å²) in [5.41, 5.74) is 0.433. The van der Waals surface area contributed by atoms with Crippen molar-refractivity contribution >= 4 is 38.8 Å². The lowest BCUT2D eigenvalue weighted by atomic mass is 10.3. The second-order valence-corrected chi connectivity index (χ2v) is 8.40. The summed E-state index contributed by atoms with van der Waals surface area (Å²) < 4.78 is 27.3. The van der Waals surface area contributed by atoms with Crippen LogP contribution in [0.25, 0.3) is 0 Å². The molecule has 2 N–H and O–H groups in total. The van der Waals surface area contributed by atoms with Gasteiger partial charge in [-0.3, -0.25) is 14.5 Å². The number of carbonyl (C=O) groups excluding carboxylic acids is 1. The molecule has 1 amide bonds. The van der Waals surface area contributed by atoms with Gasteiger partial charge in [0, 0.05) is 23.5 Å². The number of hydrogen-bond donors (Lipinski definition) is 2. The van der Waals surface area contributed by atoms with Crippen LogP contribution in [0.4, 0.5) is 5.69 Å². The van der Waals surface area contributed by atoms with Crippen molar-refractivity contribution in [2.75, 3.05) is 11.9 Å². The van der Waals surface area contributed by atoms with Gasteiger partial charge in [-0.2, -0.15) is 0 Å². The van der Waals surface area contributed by atoms with E-state index < -0.39 is 10.0 Å². The molecule has 0 atom stereocenters. The maximum atomic E-state index is 12.4. The Labute approximate surface area is 144 Å². The highest BCUT2D eigenvalue weighted by Gasteiger charge is 2.19. The molecule has 0 fully saturated rings. The van der Waals surface area contributed by atoms with Crippen LogP contribution in [-0.2, 0) is 10.0 Å². The molecule has 0 radical (unpaired) electrons. The Hall–Kier alpha value is -2.19. The number of aliphatic imine (C=N–C) groups is 1. The summed E-state index contributed by atoms with van der Waals surface area (Å²) in [5, 5.41) is 2.73. The van der Waals surface area contributed by atoms with Crippen LogP contribution in [-0.4, -0.2) is 26.7 Å². The van der Waals surface area contributed by atoms with Gasteiger partial charge in [0.1, 0.15) is 5.84 Å². The molecule has 8 heteroatoms. The van der Waals surface area contributed by atoms with E-state index in [0.29, 0.717) is 29.4 Å². The van der Waals surface area contributed by atoms with Crippen LogP contribution >= 0.6 is 11.3 Å². The highest BCUT2D eigenvalue weighted by molar-refractivity contribution is 7.90. The molecule has 2 aromatic rings. The molecule has 0 spiro atoms. The Bertz CT molecular complexity index is 901. The zero-order valence-corrected chi connectivity index (χ0v) is 14.7. The smallest absolute Gasteiger partial charge is 0.265 e. The van der Waals surface area contributed by atoms with E-state index in [1.165, 1.54) is 23.5 Å². The number of amidine groups is 1. The fourth-order valence-corrected chi connectivity index (χ4v) is 4.22. The number of rotatable bonds is 4. The molecule has 0 saturated carbocycles. The molecule has 1 aliphatic heterocycles. The van der Waals surface area contributed by atoms with Gasteiger partial charge in [-0.15, -0.1) is 11.3 Å². The van der Waals surface area contributed by atoms with Crippen LogP contribution in [0.15, 0.2) is 46.3 Å². The van der Waals surface area contributed by atoms with E-state index >= 15 is 0 Å². The second kappa shape index (κ2) is 6.74. The molecule has 0 unspecified atom stereocenters. The lowest BCUT2D eigenvalue weighted by molar-refractivity contribution is 0.103. The Balaban J connectivity index is 1.77. The van der Waals surface area contributed by atoms with Crippen LogP contribution in [0.3, 0.4) is 0 Å². The first-order valence-corrected chi connectivity index (χ1v) is 9.78. The average Bonchev–Trinajstić information content (AvgIpc) is 3.19. The van der Waals surface area contributed by atoms with Crippen molar-refractivity contribution in [2.24, 2.45) is 4.99 Å². The van der Waals surface area contributed by atoms with Gasteiger partial charge in [-0.1, -0.05) is 6.07 Å². The molecule has 1 aromatic carbocycles. The van der Waals surface area contributed by atoms with Gasteiger partial charge in [0.2, 0.25) is 0 Å². The topological polar surface area (TPSA) is 87.6 Å². The van der Waals surface area contributed by atoms with Crippen LogP contribution in [0.2, 0.25) is 0 Å². The third kappa shape index (κ3) is 3.82. The number of nitrogens with one attached hydrogen (secondary N) is 2. The molecule has 6 nitrogen and oxygen atoms in total. The number of aryl methyl sites for hydroxylation is 1. The highest BCUT2D eigenvalue weighted by Crippen LogP contribution is 2.20. The number of amides is 1. The summed E-state index contributed by atoms with van der Waals surface area (Å²) in [4.78, 5) is 18.0.